The topological polar surface area (TPSA) is 116 Å². The van der Waals surface area contributed by atoms with Crippen molar-refractivity contribution >= 4 is 51.4 Å². The molecule has 0 atom stereocenters. The van der Waals surface area contributed by atoms with E-state index in [4.69, 9.17) is 30.2 Å². The van der Waals surface area contributed by atoms with Crippen molar-refractivity contribution in [2.24, 2.45) is 0 Å². The van der Waals surface area contributed by atoms with Crippen LogP contribution < -0.4 is 20.1 Å². The Morgan fingerprint density at radius 1 is 1.06 bits per heavy atom. The Bertz CT molecular complexity index is 1100. The average Bonchev–Trinajstić information content (AvgIpc) is 3.45. The van der Waals surface area contributed by atoms with Crippen LogP contribution in [0, 0.1) is 0 Å². The van der Waals surface area contributed by atoms with Gasteiger partial charge in [0.25, 0.3) is 11.8 Å². The largest absolute Gasteiger partial charge is 0.495 e. The van der Waals surface area contributed by atoms with Gasteiger partial charge in [0.1, 0.15) is 16.4 Å². The molecule has 0 aliphatic carbocycles. The van der Waals surface area contributed by atoms with Gasteiger partial charge in [0.2, 0.25) is 0 Å². The van der Waals surface area contributed by atoms with Crippen LogP contribution >= 0.6 is 22.9 Å². The van der Waals surface area contributed by atoms with E-state index in [1.807, 2.05) is 0 Å². The van der Waals surface area contributed by atoms with Crippen molar-refractivity contribution in [3.63, 3.8) is 0 Å². The molecule has 0 unspecified atom stereocenters. The molecule has 0 fully saturated rings. The molecular weight excluding hydrogens is 448 g/mol. The number of thiophene rings is 1. The van der Waals surface area contributed by atoms with Gasteiger partial charge >= 0.3 is 5.97 Å². The van der Waals surface area contributed by atoms with Crippen molar-refractivity contribution < 1.29 is 33.0 Å². The van der Waals surface area contributed by atoms with Gasteiger partial charge in [-0.1, -0.05) is 11.6 Å². The lowest BCUT2D eigenvalue weighted by Crippen LogP contribution is -2.21. The highest BCUT2D eigenvalue weighted by Crippen LogP contribution is 2.35. The molecule has 162 valence electrons. The van der Waals surface area contributed by atoms with E-state index in [1.165, 1.54) is 44.7 Å². The molecule has 31 heavy (non-hydrogen) atoms. The van der Waals surface area contributed by atoms with Crippen LogP contribution in [0.3, 0.4) is 0 Å². The zero-order valence-electron chi connectivity index (χ0n) is 16.4. The molecule has 2 heterocycles. The summed E-state index contributed by atoms with van der Waals surface area (Å²) in [4.78, 5) is 36.6. The fourth-order valence-corrected chi connectivity index (χ4v) is 3.47. The molecule has 9 nitrogen and oxygen atoms in total. The number of hydrogen-bond acceptors (Lipinski definition) is 8. The Hall–Kier alpha value is -3.50. The molecule has 0 saturated heterocycles. The maximum absolute atomic E-state index is 12.2. The maximum Gasteiger partial charge on any atom is 0.348 e. The lowest BCUT2D eigenvalue weighted by atomic mass is 10.2. The predicted molar refractivity (Wildman–Crippen MR) is 114 cm³/mol. The molecular formula is C20H17ClN2O7S. The van der Waals surface area contributed by atoms with E-state index in [0.29, 0.717) is 27.2 Å². The molecule has 0 aliphatic heterocycles. The molecule has 2 amide bonds. The average molecular weight is 465 g/mol. The second kappa shape index (κ2) is 10.0. The third-order valence-corrected chi connectivity index (χ3v) is 5.15. The fourth-order valence-electron chi connectivity index (χ4n) is 2.44. The first-order valence-corrected chi connectivity index (χ1v) is 9.94. The fraction of sp³-hybridized carbons (Fsp3) is 0.150. The van der Waals surface area contributed by atoms with E-state index in [0.717, 1.165) is 11.3 Å². The highest BCUT2D eigenvalue weighted by atomic mass is 35.5. The third kappa shape index (κ3) is 5.56. The van der Waals surface area contributed by atoms with Crippen LogP contribution in [0.25, 0.3) is 0 Å². The number of carbonyl (C=O) groups excluding carboxylic acids is 3. The minimum Gasteiger partial charge on any atom is -0.495 e. The summed E-state index contributed by atoms with van der Waals surface area (Å²) >= 11 is 7.04. The smallest absolute Gasteiger partial charge is 0.348 e. The minimum atomic E-state index is -0.709. The van der Waals surface area contributed by atoms with Gasteiger partial charge in [0, 0.05) is 12.1 Å². The highest BCUT2D eigenvalue weighted by molar-refractivity contribution is 7.18. The Labute approximate surface area is 185 Å². The molecule has 3 rings (SSSR count). The van der Waals surface area contributed by atoms with Crippen molar-refractivity contribution in [1.29, 1.82) is 0 Å². The van der Waals surface area contributed by atoms with Gasteiger partial charge in [-0.25, -0.2) is 4.79 Å². The lowest BCUT2D eigenvalue weighted by molar-refractivity contribution is -0.119. The normalized spacial score (nSPS) is 10.3. The molecule has 3 aromatic rings. The molecule has 0 radical (unpaired) electrons. The number of methoxy groups -OCH3 is 2. The van der Waals surface area contributed by atoms with Crippen molar-refractivity contribution in [1.82, 2.24) is 0 Å². The number of nitrogens with one attached hydrogen (secondary N) is 2. The summed E-state index contributed by atoms with van der Waals surface area (Å²) in [6, 6.07) is 9.12. The number of amides is 2. The summed E-state index contributed by atoms with van der Waals surface area (Å²) < 4.78 is 20.3. The van der Waals surface area contributed by atoms with Gasteiger partial charge < -0.3 is 29.3 Å². The number of rotatable bonds is 8. The molecule has 0 bridgehead atoms. The maximum atomic E-state index is 12.2. The summed E-state index contributed by atoms with van der Waals surface area (Å²) in [5, 5.41) is 5.92. The van der Waals surface area contributed by atoms with E-state index in [9.17, 15) is 14.4 Å². The van der Waals surface area contributed by atoms with Crippen LogP contribution in [0.2, 0.25) is 5.02 Å². The second-order valence-electron chi connectivity index (χ2n) is 5.91. The van der Waals surface area contributed by atoms with Crippen LogP contribution in [0.4, 0.5) is 10.7 Å². The molecule has 1 aromatic carbocycles. The first-order valence-electron chi connectivity index (χ1n) is 8.74. The molecule has 0 aliphatic rings. The van der Waals surface area contributed by atoms with Gasteiger partial charge in [0.05, 0.1) is 36.2 Å². The number of hydrogen-bond donors (Lipinski definition) is 2. The second-order valence-corrected chi connectivity index (χ2v) is 7.40. The SMILES string of the molecule is COc1cc(NC(=O)COC(=O)c2ccc(NC(=O)c3ccco3)s2)c(OC)cc1Cl. The molecule has 2 aromatic heterocycles. The summed E-state index contributed by atoms with van der Waals surface area (Å²) in [6.07, 6.45) is 1.38. The number of carbonyl (C=O) groups is 3. The summed E-state index contributed by atoms with van der Waals surface area (Å²) in [6.45, 7) is -0.529. The molecule has 0 saturated carbocycles. The first-order chi connectivity index (χ1) is 14.9. The van der Waals surface area contributed by atoms with Crippen molar-refractivity contribution in [3.05, 3.63) is 58.3 Å². The van der Waals surface area contributed by atoms with Crippen LogP contribution in [-0.4, -0.2) is 38.6 Å². The van der Waals surface area contributed by atoms with E-state index >= 15 is 0 Å². The standard InChI is InChI=1S/C20H17ClN2O7S/c1-27-14-9-12(15(28-2)8-11(14)21)22-17(24)10-30-20(26)16-5-6-18(31-16)23-19(25)13-4-3-7-29-13/h3-9H,10H2,1-2H3,(H,22,24)(H,23,25). The minimum absolute atomic E-state index is 0.142. The van der Waals surface area contributed by atoms with Gasteiger partial charge in [-0.3, -0.25) is 9.59 Å². The van der Waals surface area contributed by atoms with Gasteiger partial charge in [-0.15, -0.1) is 11.3 Å². The zero-order chi connectivity index (χ0) is 22.4. The Morgan fingerprint density at radius 3 is 2.52 bits per heavy atom. The zero-order valence-corrected chi connectivity index (χ0v) is 18.0. The van der Waals surface area contributed by atoms with Crippen LogP contribution in [0.5, 0.6) is 11.5 Å². The lowest BCUT2D eigenvalue weighted by Gasteiger charge is -2.13. The van der Waals surface area contributed by atoms with Crippen LogP contribution in [-0.2, 0) is 9.53 Å². The Morgan fingerprint density at radius 2 is 1.84 bits per heavy atom. The van der Waals surface area contributed by atoms with E-state index in [2.05, 4.69) is 10.6 Å². The number of anilines is 2. The van der Waals surface area contributed by atoms with E-state index in [1.54, 1.807) is 12.1 Å². The number of furan rings is 1. The quantitative estimate of drug-likeness (QED) is 0.483. The monoisotopic (exact) mass is 464 g/mol. The summed E-state index contributed by atoms with van der Waals surface area (Å²) in [5.74, 6) is -0.932. The van der Waals surface area contributed by atoms with Gasteiger partial charge in [-0.2, -0.15) is 0 Å². The van der Waals surface area contributed by atoms with Crippen molar-refractivity contribution in [3.8, 4) is 11.5 Å². The predicted octanol–water partition coefficient (Wildman–Crippen LogP) is 4.06. The Balaban J connectivity index is 1.56. The van der Waals surface area contributed by atoms with Crippen molar-refractivity contribution in [2.75, 3.05) is 31.5 Å². The van der Waals surface area contributed by atoms with E-state index < -0.39 is 24.4 Å². The van der Waals surface area contributed by atoms with E-state index in [-0.39, 0.29) is 10.6 Å². The first kappa shape index (κ1) is 22.2. The van der Waals surface area contributed by atoms with Gasteiger partial charge in [0.15, 0.2) is 12.4 Å². The van der Waals surface area contributed by atoms with Crippen LogP contribution in [0.15, 0.2) is 47.1 Å². The van der Waals surface area contributed by atoms with Gasteiger partial charge in [-0.05, 0) is 24.3 Å². The molecule has 0 spiro atoms. The van der Waals surface area contributed by atoms with Crippen LogP contribution in [0.1, 0.15) is 20.2 Å². The molecule has 2 N–H and O–H groups in total. The summed E-state index contributed by atoms with van der Waals surface area (Å²) in [5.41, 5.74) is 0.309. The Kier molecular flexibility index (Phi) is 7.16. The van der Waals surface area contributed by atoms with Crippen molar-refractivity contribution in [2.45, 2.75) is 0 Å². The third-order valence-electron chi connectivity index (χ3n) is 3.87. The number of esters is 1. The number of benzene rings is 1. The number of halogens is 1. The number of ether oxygens (including phenoxy) is 3. The highest BCUT2D eigenvalue weighted by Gasteiger charge is 2.17. The summed E-state index contributed by atoms with van der Waals surface area (Å²) in [7, 11) is 2.86. The molecule has 11 heteroatoms.